The van der Waals surface area contributed by atoms with Crippen molar-refractivity contribution < 1.29 is 33.7 Å². The summed E-state index contributed by atoms with van der Waals surface area (Å²) in [5.41, 5.74) is 1.38. The third-order valence-corrected chi connectivity index (χ3v) is 5.18. The van der Waals surface area contributed by atoms with Crippen molar-refractivity contribution in [3.8, 4) is 17.2 Å². The second-order valence-corrected chi connectivity index (χ2v) is 7.66. The lowest BCUT2D eigenvalue weighted by Crippen LogP contribution is -2.54. The van der Waals surface area contributed by atoms with Crippen molar-refractivity contribution in [1.82, 2.24) is 5.32 Å². The fourth-order valence-electron chi connectivity index (χ4n) is 3.44. The Labute approximate surface area is 207 Å². The topological polar surface area (TPSA) is 114 Å². The second kappa shape index (κ2) is 11.3. The van der Waals surface area contributed by atoms with Gasteiger partial charge in [-0.05, 0) is 73.6 Å². The van der Waals surface area contributed by atoms with E-state index in [0.29, 0.717) is 35.6 Å². The molecule has 0 radical (unpaired) electrons. The van der Waals surface area contributed by atoms with Crippen LogP contribution in [0.2, 0.25) is 0 Å². The van der Waals surface area contributed by atoms with Gasteiger partial charge in [0.2, 0.25) is 0 Å². The first kappa shape index (κ1) is 25.4. The highest BCUT2D eigenvalue weighted by Gasteiger charge is 2.34. The molecule has 2 amide bonds. The van der Waals surface area contributed by atoms with Crippen LogP contribution in [-0.2, 0) is 20.8 Å². The first-order chi connectivity index (χ1) is 16.8. The number of carbonyl (C=O) groups excluding carboxylic acids is 2. The molecule has 0 atom stereocenters. The molecule has 182 valence electrons. The number of amides is 2. The summed E-state index contributed by atoms with van der Waals surface area (Å²) in [7, 11) is 1.40. The van der Waals surface area contributed by atoms with Crippen molar-refractivity contribution in [2.24, 2.45) is 0 Å². The van der Waals surface area contributed by atoms with Crippen LogP contribution < -0.4 is 24.4 Å². The summed E-state index contributed by atoms with van der Waals surface area (Å²) in [5, 5.41) is 11.5. The molecule has 3 rings (SSSR count). The number of anilines is 1. The molecule has 1 heterocycles. The van der Waals surface area contributed by atoms with Crippen molar-refractivity contribution in [3.63, 3.8) is 0 Å². The van der Waals surface area contributed by atoms with Crippen LogP contribution in [0, 0.1) is 0 Å². The number of nitrogens with one attached hydrogen (secondary N) is 1. The Morgan fingerprint density at radius 3 is 2.51 bits per heavy atom. The zero-order chi connectivity index (χ0) is 25.5. The van der Waals surface area contributed by atoms with E-state index in [2.05, 4.69) is 11.9 Å². The van der Waals surface area contributed by atoms with Crippen molar-refractivity contribution in [1.29, 1.82) is 0 Å². The zero-order valence-corrected chi connectivity index (χ0v) is 20.0. The number of carboxylic acids is 1. The average Bonchev–Trinajstić information content (AvgIpc) is 2.82. The maximum absolute atomic E-state index is 13.3. The fourth-order valence-corrected chi connectivity index (χ4v) is 3.72. The van der Waals surface area contributed by atoms with E-state index in [9.17, 15) is 14.4 Å². The van der Waals surface area contributed by atoms with Crippen LogP contribution in [0.1, 0.15) is 18.1 Å². The summed E-state index contributed by atoms with van der Waals surface area (Å²) in [4.78, 5) is 38.2. The number of rotatable bonds is 10. The fraction of sp³-hybridized carbons (Fsp3) is 0.200. The summed E-state index contributed by atoms with van der Waals surface area (Å²) in [6.45, 7) is 5.52. The van der Waals surface area contributed by atoms with Crippen molar-refractivity contribution in [3.05, 3.63) is 65.8 Å². The molecule has 0 spiro atoms. The molecule has 1 aliphatic heterocycles. The average molecular weight is 497 g/mol. The Morgan fingerprint density at radius 1 is 1.20 bits per heavy atom. The van der Waals surface area contributed by atoms with Crippen LogP contribution >= 0.6 is 12.2 Å². The van der Waals surface area contributed by atoms with E-state index in [1.807, 2.05) is 6.92 Å². The summed E-state index contributed by atoms with van der Waals surface area (Å²) in [6, 6.07) is 9.97. The Kier molecular flexibility index (Phi) is 8.21. The van der Waals surface area contributed by atoms with Crippen LogP contribution in [0.25, 0.3) is 6.08 Å². The SMILES string of the molecule is C=CCc1cc(/C=C2\C(=O)NC(=S)N(c3ccc(OCC)cc3)C2=O)cc(OC)c1OCC(=O)O. The molecule has 0 aromatic heterocycles. The first-order valence-corrected chi connectivity index (χ1v) is 11.0. The smallest absolute Gasteiger partial charge is 0.341 e. The molecule has 35 heavy (non-hydrogen) atoms. The van der Waals surface area contributed by atoms with Gasteiger partial charge in [-0.2, -0.15) is 0 Å². The van der Waals surface area contributed by atoms with E-state index in [1.54, 1.807) is 42.5 Å². The van der Waals surface area contributed by atoms with Crippen LogP contribution in [-0.4, -0.2) is 48.3 Å². The van der Waals surface area contributed by atoms with Gasteiger partial charge in [0, 0.05) is 5.56 Å². The molecule has 0 saturated carbocycles. The number of aliphatic carboxylic acids is 1. The molecule has 2 aromatic rings. The van der Waals surface area contributed by atoms with Gasteiger partial charge in [0.1, 0.15) is 11.3 Å². The van der Waals surface area contributed by atoms with E-state index >= 15 is 0 Å². The number of carboxylic acid groups (broad SMARTS) is 1. The lowest BCUT2D eigenvalue weighted by Gasteiger charge is -2.29. The molecular formula is C25H24N2O7S. The molecule has 1 fully saturated rings. The number of ether oxygens (including phenoxy) is 3. The lowest BCUT2D eigenvalue weighted by atomic mass is 10.0. The van der Waals surface area contributed by atoms with Gasteiger partial charge in [-0.3, -0.25) is 19.8 Å². The zero-order valence-electron chi connectivity index (χ0n) is 19.2. The second-order valence-electron chi connectivity index (χ2n) is 7.27. The standard InChI is InChI=1S/C25H24N2O7S/c1-4-6-16-11-15(13-20(32-3)22(16)34-14-21(28)29)12-19-23(30)26-25(35)27(24(19)31)17-7-9-18(10-8-17)33-5-2/h4,7-13H,1,5-6,14H2,2-3H3,(H,28,29)(H,26,30,35)/b19-12+. The maximum atomic E-state index is 13.3. The van der Waals surface area contributed by atoms with Gasteiger partial charge in [-0.1, -0.05) is 6.08 Å². The molecule has 0 unspecified atom stereocenters. The summed E-state index contributed by atoms with van der Waals surface area (Å²) >= 11 is 5.25. The highest BCUT2D eigenvalue weighted by molar-refractivity contribution is 7.80. The first-order valence-electron chi connectivity index (χ1n) is 10.6. The minimum atomic E-state index is -1.14. The number of carbonyl (C=O) groups is 3. The summed E-state index contributed by atoms with van der Waals surface area (Å²) < 4.78 is 16.2. The molecule has 1 aliphatic rings. The van der Waals surface area contributed by atoms with E-state index in [0.717, 1.165) is 0 Å². The van der Waals surface area contributed by atoms with Crippen molar-refractivity contribution in [2.45, 2.75) is 13.3 Å². The van der Waals surface area contributed by atoms with Gasteiger partial charge in [-0.25, -0.2) is 4.79 Å². The third kappa shape index (κ3) is 5.85. The maximum Gasteiger partial charge on any atom is 0.341 e. The van der Waals surface area contributed by atoms with Crippen LogP contribution in [0.15, 0.2) is 54.6 Å². The summed E-state index contributed by atoms with van der Waals surface area (Å²) in [5.74, 6) is -1.25. The van der Waals surface area contributed by atoms with Gasteiger partial charge in [0.25, 0.3) is 11.8 Å². The number of thiocarbonyl (C=S) groups is 1. The van der Waals surface area contributed by atoms with Crippen LogP contribution in [0.5, 0.6) is 17.2 Å². The molecular weight excluding hydrogens is 472 g/mol. The van der Waals surface area contributed by atoms with E-state index < -0.39 is 24.4 Å². The number of hydrogen-bond acceptors (Lipinski definition) is 7. The summed E-state index contributed by atoms with van der Waals surface area (Å²) in [6.07, 6.45) is 3.37. The van der Waals surface area contributed by atoms with E-state index in [4.69, 9.17) is 31.5 Å². The van der Waals surface area contributed by atoms with Gasteiger partial charge in [-0.15, -0.1) is 6.58 Å². The molecule has 1 saturated heterocycles. The lowest BCUT2D eigenvalue weighted by molar-refractivity contribution is -0.139. The Morgan fingerprint density at radius 2 is 1.91 bits per heavy atom. The van der Waals surface area contributed by atoms with Crippen LogP contribution in [0.4, 0.5) is 5.69 Å². The molecule has 0 bridgehead atoms. The number of nitrogens with zero attached hydrogens (tertiary/aromatic N) is 1. The van der Waals surface area contributed by atoms with Crippen molar-refractivity contribution in [2.75, 3.05) is 25.2 Å². The number of benzene rings is 2. The van der Waals surface area contributed by atoms with Gasteiger partial charge in [0.15, 0.2) is 23.2 Å². The minimum Gasteiger partial charge on any atom is -0.494 e. The largest absolute Gasteiger partial charge is 0.494 e. The Hall–Kier alpha value is -4.18. The Balaban J connectivity index is 2.01. The monoisotopic (exact) mass is 496 g/mol. The quantitative estimate of drug-likeness (QED) is 0.223. The van der Waals surface area contributed by atoms with Gasteiger partial charge in [0.05, 0.1) is 19.4 Å². The van der Waals surface area contributed by atoms with Gasteiger partial charge >= 0.3 is 5.97 Å². The minimum absolute atomic E-state index is 0.0383. The number of methoxy groups -OCH3 is 1. The molecule has 0 aliphatic carbocycles. The normalized spacial score (nSPS) is 14.5. The number of hydrogen-bond donors (Lipinski definition) is 2. The highest BCUT2D eigenvalue weighted by atomic mass is 32.1. The number of allylic oxidation sites excluding steroid dienone is 1. The molecule has 2 N–H and O–H groups in total. The van der Waals surface area contributed by atoms with Crippen molar-refractivity contribution >= 4 is 46.9 Å². The van der Waals surface area contributed by atoms with E-state index in [1.165, 1.54) is 18.1 Å². The highest BCUT2D eigenvalue weighted by Crippen LogP contribution is 2.35. The molecule has 10 heteroatoms. The predicted octanol–water partition coefficient (Wildman–Crippen LogP) is 3.12. The van der Waals surface area contributed by atoms with E-state index in [-0.39, 0.29) is 22.2 Å². The molecule has 2 aromatic carbocycles. The predicted molar refractivity (Wildman–Crippen MR) is 134 cm³/mol. The third-order valence-electron chi connectivity index (χ3n) is 4.90. The van der Waals surface area contributed by atoms with Crippen LogP contribution in [0.3, 0.4) is 0 Å². The van der Waals surface area contributed by atoms with Gasteiger partial charge < -0.3 is 19.3 Å². The molecule has 9 nitrogen and oxygen atoms in total. The Bertz CT molecular complexity index is 1210.